The van der Waals surface area contributed by atoms with Crippen molar-refractivity contribution < 1.29 is 96.9 Å². The molecule has 93 heavy (non-hydrogen) atoms. The molecule has 0 bridgehead atoms. The molecule has 30 heteroatoms. The van der Waals surface area contributed by atoms with Crippen molar-refractivity contribution in [2.45, 2.75) is 210 Å². The fraction of sp³-hybridized carbons (Fsp3) is 0.524. The largest absolute Gasteiger partial charge is 0.478 e. The van der Waals surface area contributed by atoms with E-state index in [1.165, 1.54) is 69.6 Å². The highest BCUT2D eigenvalue weighted by Gasteiger charge is 2.40. The first-order chi connectivity index (χ1) is 44.3. The zero-order valence-electron chi connectivity index (χ0n) is 53.3. The van der Waals surface area contributed by atoms with Gasteiger partial charge in [-0.2, -0.15) is 0 Å². The maximum absolute atomic E-state index is 12.3. The number of carbonyl (C=O) groups excluding carboxylic acids is 8. The molecule has 3 aromatic rings. The molecule has 3 aromatic heterocycles. The monoisotopic (exact) mass is 1310 g/mol. The molecule has 0 radical (unpaired) electrons. The Kier molecular flexibility index (Phi) is 30.5. The van der Waals surface area contributed by atoms with Crippen molar-refractivity contribution in [3.8, 4) is 0 Å². The van der Waals surface area contributed by atoms with Crippen LogP contribution < -0.4 is 36.5 Å². The fourth-order valence-corrected chi connectivity index (χ4v) is 12.4. The standard InChI is InChI=1S/C17H22BNO4S.C16H27BN2O4.2C15H19BN2O5/c1-11(20)8-15-14-6-2-4-12(14)9-16(18(22)23-15)19-17(21)10-13-5-3-7-24-13;1-12(20)10-13-6-5-7-14(17(22)23-13)19-15(21)11-16(18)8-3-2-4-9-16;1-11(19)8-13-5-2-6-14(16(21)23-13)17-15(20)9-12-4-3-7-18(22)10-12;1-11(19)9-13-6-4-7-14(16(21)23-13)17-15(20)10-12-5-2-3-8-18(12)22/h3,5,7,15-16,22H,2,4,6,8-10H2,1H3,(H,19,21);5-6,13-14,22H,2-4,7-11,18H2,1H3,(H,19,21);2-5,7,10,13-14,21H,6,8-9H2,1H3,(H-,17,20,22);2-6,8,13-14,21H,7,9-10H2,1H3,(H-,17,20,22)/p+2/t15?,16-;3*13-,14+/m0111/s1. The van der Waals surface area contributed by atoms with E-state index in [1.807, 2.05) is 23.6 Å². The molecular weight excluding hydrogens is 1220 g/mol. The highest BCUT2D eigenvalue weighted by Crippen LogP contribution is 2.37. The minimum Gasteiger partial charge on any atom is -0.426 e. The zero-order chi connectivity index (χ0) is 67.6. The number of carbonyl (C=O) groups is 8. The first kappa shape index (κ1) is 75.1. The van der Waals surface area contributed by atoms with Gasteiger partial charge in [-0.05, 0) is 115 Å². The molecule has 0 aromatic carbocycles. The van der Waals surface area contributed by atoms with Gasteiger partial charge < -0.3 is 65.7 Å². The smallest absolute Gasteiger partial charge is 0.426 e. The van der Waals surface area contributed by atoms with E-state index in [-0.39, 0.29) is 97.8 Å². The summed E-state index contributed by atoms with van der Waals surface area (Å²) in [5.74, 6) is -3.08. The predicted molar refractivity (Wildman–Crippen MR) is 345 cm³/mol. The maximum atomic E-state index is 12.3. The number of Topliss-reactive ketones (excluding diaryl/α,β-unsaturated/α-hetero) is 4. The Bertz CT molecular complexity index is 3130. The molecule has 4 amide bonds. The van der Waals surface area contributed by atoms with Crippen molar-refractivity contribution in [2.75, 3.05) is 0 Å². The third kappa shape index (κ3) is 26.7. The topological polar surface area (TPSA) is 377 Å². The van der Waals surface area contributed by atoms with Gasteiger partial charge >= 0.3 is 28.5 Å². The van der Waals surface area contributed by atoms with Crippen LogP contribution in [0.1, 0.15) is 153 Å². The fourth-order valence-electron chi connectivity index (χ4n) is 11.7. The van der Waals surface area contributed by atoms with Crippen molar-refractivity contribution >= 4 is 86.6 Å². The van der Waals surface area contributed by atoms with Crippen LogP contribution in [0.15, 0.2) is 114 Å². The Morgan fingerprint density at radius 3 is 1.58 bits per heavy atom. The molecule has 500 valence electrons. The van der Waals surface area contributed by atoms with E-state index in [0.29, 0.717) is 43.4 Å². The second kappa shape index (κ2) is 37.8. The molecule has 1 saturated carbocycles. The van der Waals surface area contributed by atoms with Gasteiger partial charge in [-0.3, -0.25) is 48.8 Å². The minimum atomic E-state index is -1.20. The van der Waals surface area contributed by atoms with E-state index in [9.17, 15) is 68.9 Å². The number of nitrogens with zero attached hydrogens (tertiary/aromatic N) is 2. The number of hydrogen-bond donors (Lipinski definition) is 11. The first-order valence-corrected chi connectivity index (χ1v) is 32.6. The molecule has 4 aliphatic heterocycles. The Labute approximate surface area is 548 Å². The second-order valence-corrected chi connectivity index (χ2v) is 25.6. The molecule has 1 unspecified atom stereocenters. The van der Waals surface area contributed by atoms with Gasteiger partial charge in [0.1, 0.15) is 29.6 Å². The number of pyridine rings is 2. The molecule has 1 fully saturated rings. The van der Waals surface area contributed by atoms with Crippen molar-refractivity contribution in [3.63, 3.8) is 0 Å². The van der Waals surface area contributed by atoms with Crippen molar-refractivity contribution in [3.05, 3.63) is 130 Å². The van der Waals surface area contributed by atoms with Crippen LogP contribution in [0.3, 0.4) is 0 Å². The van der Waals surface area contributed by atoms with Gasteiger partial charge in [0, 0.05) is 75.7 Å². The molecule has 12 N–H and O–H groups in total. The lowest BCUT2D eigenvalue weighted by molar-refractivity contribution is -0.909. The third-order valence-electron chi connectivity index (χ3n) is 16.2. The summed E-state index contributed by atoms with van der Waals surface area (Å²) in [5.41, 5.74) is 9.33. The van der Waals surface area contributed by atoms with Gasteiger partial charge in [0.05, 0.1) is 61.0 Å². The van der Waals surface area contributed by atoms with E-state index in [0.717, 1.165) is 64.9 Å². The second-order valence-electron chi connectivity index (χ2n) is 24.5. The highest BCUT2D eigenvalue weighted by molar-refractivity contribution is 7.10. The number of amides is 4. The Balaban J connectivity index is 0.000000197. The van der Waals surface area contributed by atoms with Crippen LogP contribution in [-0.4, -0.2) is 159 Å². The first-order valence-electron chi connectivity index (χ1n) is 31.7. The summed E-state index contributed by atoms with van der Waals surface area (Å²) < 4.78 is 23.7. The number of thiophene rings is 1. The number of ketones is 4. The molecule has 0 spiro atoms. The van der Waals surface area contributed by atoms with Crippen LogP contribution in [0.2, 0.25) is 0 Å². The summed E-state index contributed by atoms with van der Waals surface area (Å²) in [6, 6.07) is 12.2. The van der Waals surface area contributed by atoms with E-state index in [2.05, 4.69) is 21.3 Å². The lowest BCUT2D eigenvalue weighted by atomic mass is 9.75. The zero-order valence-corrected chi connectivity index (χ0v) is 54.2. The molecule has 8 atom stereocenters. The van der Waals surface area contributed by atoms with Crippen LogP contribution in [0, 0.1) is 0 Å². The van der Waals surface area contributed by atoms with Crippen LogP contribution in [0.25, 0.3) is 0 Å². The van der Waals surface area contributed by atoms with Gasteiger partial charge in [0.15, 0.2) is 0 Å². The molecule has 0 saturated heterocycles. The lowest BCUT2D eigenvalue weighted by Crippen LogP contribution is -2.52. The summed E-state index contributed by atoms with van der Waals surface area (Å²) in [6.45, 7) is 5.94. The van der Waals surface area contributed by atoms with E-state index in [1.54, 1.807) is 60.7 Å². The maximum Gasteiger partial charge on any atom is 0.478 e. The molecule has 25 nitrogen and oxygen atoms in total. The molecule has 6 aliphatic rings. The minimum absolute atomic E-state index is 0.00305. The van der Waals surface area contributed by atoms with Gasteiger partial charge in [0.2, 0.25) is 47.9 Å². The summed E-state index contributed by atoms with van der Waals surface area (Å²) in [4.78, 5) is 94.6. The van der Waals surface area contributed by atoms with Crippen molar-refractivity contribution in [2.24, 2.45) is 5.73 Å². The van der Waals surface area contributed by atoms with Gasteiger partial charge in [-0.1, -0.05) is 67.4 Å². The summed E-state index contributed by atoms with van der Waals surface area (Å²) >= 11 is 1.54. The number of nitrogens with one attached hydrogen (secondary N) is 4. The molecular formula is C63H89B4N7O18S+2. The van der Waals surface area contributed by atoms with Crippen LogP contribution in [-0.2, 0) is 76.2 Å². The third-order valence-corrected chi connectivity index (χ3v) is 17.0. The van der Waals surface area contributed by atoms with E-state index in [4.69, 9.17) is 24.4 Å². The van der Waals surface area contributed by atoms with Crippen molar-refractivity contribution in [1.29, 1.82) is 0 Å². The highest BCUT2D eigenvalue weighted by atomic mass is 32.1. The van der Waals surface area contributed by atoms with Crippen LogP contribution >= 0.6 is 11.3 Å². The predicted octanol–water partition coefficient (Wildman–Crippen LogP) is 2.08. The van der Waals surface area contributed by atoms with Crippen LogP contribution in [0.5, 0.6) is 0 Å². The summed E-state index contributed by atoms with van der Waals surface area (Å²) in [5, 5.41) is 72.6. The quantitative estimate of drug-likeness (QED) is 0.0334. The molecule has 7 heterocycles. The average molecular weight is 1310 g/mol. The van der Waals surface area contributed by atoms with Crippen LogP contribution in [0.4, 0.5) is 0 Å². The van der Waals surface area contributed by atoms with Crippen molar-refractivity contribution in [1.82, 2.24) is 21.3 Å². The normalized spacial score (nSPS) is 23.2. The Morgan fingerprint density at radius 2 is 1.08 bits per heavy atom. The molecule has 2 aliphatic carbocycles. The summed E-state index contributed by atoms with van der Waals surface area (Å²) in [7, 11) is -4.60. The SMILES string of the molecule is CC(=O)CC1OB(O)[C@@H](NC(=O)Cc2cccs2)CC2=C1CCC2.CC(=O)C[C@H]1C=CC[C@H](NC(=O)CC2(N)CCCCC2)B(O)O1.CC(=O)C[C@H]1C=CC[C@H](NC(=O)Cc2ccc[n+](O)c2)B(O)O1.CC(=O)C[C@H]1C=CC[C@H](NC(=O)Cc2cccc[n+]2O)B(O)O1. The Morgan fingerprint density at radius 1 is 0.570 bits per heavy atom. The van der Waals surface area contributed by atoms with Gasteiger partial charge in [-0.15, -0.1) is 11.3 Å². The number of rotatable bonds is 20. The average Bonchev–Trinajstić information content (AvgIpc) is 1.76. The van der Waals surface area contributed by atoms with E-state index >= 15 is 0 Å². The number of nitrogens with two attached hydrogens (primary N) is 1. The molecule has 9 rings (SSSR count). The van der Waals surface area contributed by atoms with E-state index < -0.39 is 76.1 Å². The number of aromatic nitrogens is 2. The summed E-state index contributed by atoms with van der Waals surface area (Å²) in [6.07, 6.45) is 24.5. The number of hydrogen-bond acceptors (Lipinski definition) is 20. The Hall–Kier alpha value is -6.98. The lowest BCUT2D eigenvalue weighted by Gasteiger charge is -2.33. The van der Waals surface area contributed by atoms with Gasteiger partial charge in [0.25, 0.3) is 0 Å². The van der Waals surface area contributed by atoms with Gasteiger partial charge in [-0.25, -0.2) is 0 Å².